The highest BCUT2D eigenvalue weighted by Gasteiger charge is 2.37. The molecular weight excluding hydrogens is 474 g/mol. The second-order valence-corrected chi connectivity index (χ2v) is 13.4. The van der Waals surface area contributed by atoms with E-state index in [4.69, 9.17) is 5.79 Å². The molecule has 2 aromatic heterocycles. The highest BCUT2D eigenvalue weighted by atomic mass is 16.3. The summed E-state index contributed by atoms with van der Waals surface area (Å²) < 4.78 is 17.8. The Morgan fingerprint density at radius 3 is 2.62 bits per heavy atom. The molecule has 0 saturated heterocycles. The summed E-state index contributed by atoms with van der Waals surface area (Å²) in [4.78, 5) is 0. The third-order valence-electron chi connectivity index (χ3n) is 9.53. The van der Waals surface area contributed by atoms with Gasteiger partial charge in [0.2, 0.25) is 5.69 Å². The van der Waals surface area contributed by atoms with Gasteiger partial charge < -0.3 is 4.42 Å². The van der Waals surface area contributed by atoms with Crippen molar-refractivity contribution in [3.63, 3.8) is 0 Å². The fourth-order valence-corrected chi connectivity index (χ4v) is 7.51. The maximum atomic E-state index is 9.04. The molecule has 0 amide bonds. The predicted molar refractivity (Wildman–Crippen MR) is 164 cm³/mol. The number of para-hydroxylation sites is 1. The van der Waals surface area contributed by atoms with E-state index in [1.54, 1.807) is 0 Å². The van der Waals surface area contributed by atoms with Crippen molar-refractivity contribution in [3.05, 3.63) is 88.2 Å². The lowest BCUT2D eigenvalue weighted by Crippen LogP contribution is -2.32. The number of nitrogens with zero attached hydrogens (tertiary/aromatic N) is 1. The molecule has 39 heavy (non-hydrogen) atoms. The smallest absolute Gasteiger partial charge is 0.221 e. The summed E-state index contributed by atoms with van der Waals surface area (Å²) in [7, 11) is 2.06. The van der Waals surface area contributed by atoms with E-state index < -0.39 is 0 Å². The number of benzene rings is 3. The van der Waals surface area contributed by atoms with Gasteiger partial charge in [0, 0.05) is 22.4 Å². The summed E-state index contributed by atoms with van der Waals surface area (Å²) in [6.45, 7) is 13.9. The molecule has 2 aliphatic rings. The Balaban J connectivity index is 1.60. The second-order valence-electron chi connectivity index (χ2n) is 13.4. The molecule has 0 N–H and O–H groups in total. The first-order valence-corrected chi connectivity index (χ1v) is 14.7. The molecule has 1 atom stereocenters. The number of hydrogen-bond donors (Lipinski definition) is 0. The lowest BCUT2D eigenvalue weighted by molar-refractivity contribution is -0.672. The minimum Gasteiger partial charge on any atom is -0.455 e. The van der Waals surface area contributed by atoms with Crippen LogP contribution in [0.3, 0.4) is 0 Å². The van der Waals surface area contributed by atoms with Crippen molar-refractivity contribution in [2.24, 2.45) is 18.4 Å². The van der Waals surface area contributed by atoms with Crippen molar-refractivity contribution in [2.75, 3.05) is 0 Å². The van der Waals surface area contributed by atoms with Gasteiger partial charge >= 0.3 is 0 Å². The zero-order chi connectivity index (χ0) is 28.1. The molecule has 3 aromatic carbocycles. The molecule has 2 aliphatic carbocycles. The third-order valence-corrected chi connectivity index (χ3v) is 9.53. The van der Waals surface area contributed by atoms with E-state index in [1.165, 1.54) is 85.5 Å². The van der Waals surface area contributed by atoms with Crippen LogP contribution in [-0.2, 0) is 7.05 Å². The van der Waals surface area contributed by atoms with Crippen molar-refractivity contribution < 1.29 is 10.4 Å². The second kappa shape index (κ2) is 8.55. The summed E-state index contributed by atoms with van der Waals surface area (Å²) in [5, 5.41) is 4.85. The third kappa shape index (κ3) is 3.71. The highest BCUT2D eigenvalue weighted by molar-refractivity contribution is 6.20. The van der Waals surface area contributed by atoms with Gasteiger partial charge in [-0.2, -0.15) is 0 Å². The molecule has 7 rings (SSSR count). The molecule has 1 unspecified atom stereocenters. The molecular formula is C37H40NO+. The first-order valence-electron chi connectivity index (χ1n) is 15.2. The zero-order valence-electron chi connectivity index (χ0n) is 25.5. The van der Waals surface area contributed by atoms with E-state index in [9.17, 15) is 0 Å². The fraction of sp³-hybridized carbons (Fsp3) is 0.378. The molecule has 1 saturated carbocycles. The summed E-state index contributed by atoms with van der Waals surface area (Å²) in [6, 6.07) is 17.7. The lowest BCUT2D eigenvalue weighted by atomic mass is 9.86. The normalized spacial score (nSPS) is 18.9. The maximum Gasteiger partial charge on any atom is 0.221 e. The quantitative estimate of drug-likeness (QED) is 0.218. The number of hydrogen-bond acceptors (Lipinski definition) is 1. The molecule has 1 fully saturated rings. The van der Waals surface area contributed by atoms with Gasteiger partial charge in [-0.25, -0.2) is 4.57 Å². The fourth-order valence-electron chi connectivity index (χ4n) is 7.51. The summed E-state index contributed by atoms with van der Waals surface area (Å²) >= 11 is 0. The van der Waals surface area contributed by atoms with Gasteiger partial charge in [0.05, 0.1) is 11.0 Å². The van der Waals surface area contributed by atoms with E-state index in [0.717, 1.165) is 17.6 Å². The van der Waals surface area contributed by atoms with Crippen LogP contribution in [0.1, 0.15) is 94.2 Å². The van der Waals surface area contributed by atoms with Crippen molar-refractivity contribution in [1.29, 1.82) is 0 Å². The first-order chi connectivity index (χ1) is 19.0. The average Bonchev–Trinajstić information content (AvgIpc) is 3.55. The van der Waals surface area contributed by atoms with Gasteiger partial charge in [-0.15, -0.1) is 0 Å². The minimum atomic E-state index is 0.391. The number of aromatic nitrogens is 1. The van der Waals surface area contributed by atoms with E-state index in [0.29, 0.717) is 23.4 Å². The van der Waals surface area contributed by atoms with Crippen LogP contribution in [0.5, 0.6) is 0 Å². The van der Waals surface area contributed by atoms with E-state index in [1.807, 2.05) is 0 Å². The number of aryl methyl sites for hydroxylation is 1. The Bertz CT molecular complexity index is 1900. The lowest BCUT2D eigenvalue weighted by Gasteiger charge is -2.18. The Labute approximate surface area is 233 Å². The van der Waals surface area contributed by atoms with Crippen LogP contribution >= 0.6 is 0 Å². The van der Waals surface area contributed by atoms with Crippen LogP contribution in [-0.4, -0.2) is 0 Å². The SMILES string of the molecule is [2H]c1cc2cc(C3CCC(C)(C)C3)cc3c2c([n+]1C)C(c1c(C)c(C)cc2c1oc1ccccc12)=C3CC(C)C. The Morgan fingerprint density at radius 1 is 1.08 bits per heavy atom. The van der Waals surface area contributed by atoms with Crippen LogP contribution in [0.2, 0.25) is 0 Å². The Morgan fingerprint density at radius 2 is 1.87 bits per heavy atom. The van der Waals surface area contributed by atoms with Gasteiger partial charge in [-0.3, -0.25) is 0 Å². The Hall–Kier alpha value is -3.39. The van der Waals surface area contributed by atoms with Gasteiger partial charge in [-0.1, -0.05) is 58.0 Å². The topological polar surface area (TPSA) is 17.0 Å². The van der Waals surface area contributed by atoms with Gasteiger partial charge in [0.15, 0.2) is 6.17 Å². The van der Waals surface area contributed by atoms with Gasteiger partial charge in [0.1, 0.15) is 19.6 Å². The molecule has 2 nitrogen and oxygen atoms in total. The molecule has 0 spiro atoms. The van der Waals surface area contributed by atoms with Crippen molar-refractivity contribution >= 4 is 43.9 Å². The van der Waals surface area contributed by atoms with Crippen LogP contribution in [0.4, 0.5) is 0 Å². The number of pyridine rings is 1. The van der Waals surface area contributed by atoms with Crippen LogP contribution < -0.4 is 4.57 Å². The van der Waals surface area contributed by atoms with Crippen molar-refractivity contribution in [1.82, 2.24) is 0 Å². The Kier molecular flexibility index (Phi) is 5.15. The van der Waals surface area contributed by atoms with Gasteiger partial charge in [-0.05, 0) is 102 Å². The van der Waals surface area contributed by atoms with E-state index in [2.05, 4.69) is 102 Å². The monoisotopic (exact) mass is 515 g/mol. The molecule has 5 aromatic rings. The predicted octanol–water partition coefficient (Wildman–Crippen LogP) is 9.79. The maximum absolute atomic E-state index is 9.04. The van der Waals surface area contributed by atoms with Crippen molar-refractivity contribution in [2.45, 2.75) is 73.1 Å². The summed E-state index contributed by atoms with van der Waals surface area (Å²) in [5.41, 5.74) is 12.7. The van der Waals surface area contributed by atoms with E-state index >= 15 is 0 Å². The standard InChI is InChI=1S/C37H40NO/c1-21(2)16-28-29-19-26(25-12-14-37(5,6)20-25)18-24-13-15-38(7)35(33(24)29)34(28)32-23(4)22(3)17-30-27-10-8-9-11-31(27)39-36(30)32/h8-11,13,15,17-19,21,25H,12,14,16,20H2,1-7H3/q+1/i15D. The molecule has 0 bridgehead atoms. The van der Waals surface area contributed by atoms with Crippen LogP contribution in [0.25, 0.3) is 43.9 Å². The molecule has 0 aliphatic heterocycles. The largest absolute Gasteiger partial charge is 0.455 e. The number of fused-ring (bicyclic) bond motifs is 3. The van der Waals surface area contributed by atoms with Crippen molar-refractivity contribution in [3.8, 4) is 0 Å². The van der Waals surface area contributed by atoms with Crippen LogP contribution in [0, 0.1) is 25.2 Å². The molecule has 2 heteroatoms. The zero-order valence-corrected chi connectivity index (χ0v) is 24.5. The molecule has 0 radical (unpaired) electrons. The number of furan rings is 1. The number of rotatable bonds is 4. The van der Waals surface area contributed by atoms with Crippen LogP contribution in [0.15, 0.2) is 59.1 Å². The van der Waals surface area contributed by atoms with E-state index in [-0.39, 0.29) is 0 Å². The molecule has 198 valence electrons. The summed E-state index contributed by atoms with van der Waals surface area (Å²) in [6.07, 6.45) is 5.28. The number of allylic oxidation sites excluding steroid dienone is 1. The summed E-state index contributed by atoms with van der Waals surface area (Å²) in [5.74, 6) is 1.08. The highest BCUT2D eigenvalue weighted by Crippen LogP contribution is 2.52. The minimum absolute atomic E-state index is 0.391. The first kappa shape index (κ1) is 23.5. The van der Waals surface area contributed by atoms with Gasteiger partial charge in [0.25, 0.3) is 0 Å². The molecule has 2 heterocycles. The average molecular weight is 516 g/mol.